The highest BCUT2D eigenvalue weighted by Gasteiger charge is 2.26. The van der Waals surface area contributed by atoms with E-state index in [1.807, 2.05) is 107 Å². The highest BCUT2D eigenvalue weighted by atomic mass is 32.2. The summed E-state index contributed by atoms with van der Waals surface area (Å²) in [5, 5.41) is 24.7. The van der Waals surface area contributed by atoms with Crippen LogP contribution in [0.2, 0.25) is 0 Å². The summed E-state index contributed by atoms with van der Waals surface area (Å²) in [4.78, 5) is 0. The van der Waals surface area contributed by atoms with E-state index in [-0.39, 0.29) is 0 Å². The van der Waals surface area contributed by atoms with E-state index in [4.69, 9.17) is 5.10 Å². The van der Waals surface area contributed by atoms with Crippen molar-refractivity contribution in [1.29, 1.82) is 5.26 Å². The molecule has 0 aliphatic rings. The lowest BCUT2D eigenvalue weighted by Gasteiger charge is -2.07. The van der Waals surface area contributed by atoms with Crippen molar-refractivity contribution >= 4 is 11.8 Å². The molecule has 2 heterocycles. The molecule has 0 aliphatic heterocycles. The molecule has 0 spiro atoms. The summed E-state index contributed by atoms with van der Waals surface area (Å²) in [7, 11) is 0. The van der Waals surface area contributed by atoms with Crippen LogP contribution < -0.4 is 0 Å². The van der Waals surface area contributed by atoms with Gasteiger partial charge in [-0.05, 0) is 30.5 Å². The number of thioether (sulfide) groups is 1. The van der Waals surface area contributed by atoms with Crippen LogP contribution in [-0.2, 0) is 0 Å². The van der Waals surface area contributed by atoms with Crippen LogP contribution in [0.15, 0.2) is 96.2 Å². The van der Waals surface area contributed by atoms with Crippen molar-refractivity contribution < 1.29 is 0 Å². The first-order valence-corrected chi connectivity index (χ1v) is 11.2. The van der Waals surface area contributed by atoms with Gasteiger partial charge < -0.3 is 0 Å². The number of nitriles is 1. The average molecular weight is 435 g/mol. The largest absolute Gasteiger partial charge is 0.269 e. The topological polar surface area (TPSA) is 72.3 Å². The van der Waals surface area contributed by atoms with Crippen LogP contribution in [0.5, 0.6) is 0 Å². The van der Waals surface area contributed by atoms with Gasteiger partial charge in [-0.1, -0.05) is 78.5 Å². The fraction of sp³-hybridized carbons (Fsp3) is 0.0400. The standard InChI is InChI=1S/C25H18N6S/c1-32-25-28-27-24(30(25)19-13-7-3-8-14-19)22-21(17-26)23(18-11-5-2-6-12-18)31(29-22)20-15-9-4-10-16-20/h2-16H,1H3. The summed E-state index contributed by atoms with van der Waals surface area (Å²) in [5.74, 6) is 0.531. The Bertz CT molecular complexity index is 1400. The molecular weight excluding hydrogens is 416 g/mol. The normalized spacial score (nSPS) is 10.8. The highest BCUT2D eigenvalue weighted by Crippen LogP contribution is 2.35. The number of aromatic nitrogens is 5. The second kappa shape index (κ2) is 8.53. The molecule has 5 rings (SSSR count). The summed E-state index contributed by atoms with van der Waals surface area (Å²) in [6.07, 6.45) is 1.95. The Morgan fingerprint density at radius 3 is 1.97 bits per heavy atom. The average Bonchev–Trinajstić information content (AvgIpc) is 3.47. The molecule has 7 heteroatoms. The minimum Gasteiger partial charge on any atom is -0.269 e. The second-order valence-corrected chi connectivity index (χ2v) is 7.75. The van der Waals surface area contributed by atoms with E-state index in [1.54, 1.807) is 0 Å². The van der Waals surface area contributed by atoms with E-state index in [2.05, 4.69) is 16.3 Å². The molecule has 6 nitrogen and oxygen atoms in total. The van der Waals surface area contributed by atoms with Crippen molar-refractivity contribution in [2.45, 2.75) is 5.16 Å². The number of hydrogen-bond acceptors (Lipinski definition) is 5. The SMILES string of the molecule is CSc1nnc(-c2nn(-c3ccccc3)c(-c3ccccc3)c2C#N)n1-c1ccccc1. The predicted molar refractivity (Wildman–Crippen MR) is 126 cm³/mol. The lowest BCUT2D eigenvalue weighted by Crippen LogP contribution is -2.01. The summed E-state index contributed by atoms with van der Waals surface area (Å²) >= 11 is 1.49. The molecule has 0 aliphatic carbocycles. The Morgan fingerprint density at radius 1 is 0.781 bits per heavy atom. The summed E-state index contributed by atoms with van der Waals surface area (Å²) in [5.41, 5.74) is 4.36. The highest BCUT2D eigenvalue weighted by molar-refractivity contribution is 7.98. The van der Waals surface area contributed by atoms with Crippen LogP contribution in [0.3, 0.4) is 0 Å². The van der Waals surface area contributed by atoms with E-state index in [0.29, 0.717) is 17.1 Å². The van der Waals surface area contributed by atoms with Crippen molar-refractivity contribution in [3.05, 3.63) is 96.6 Å². The molecule has 0 amide bonds. The van der Waals surface area contributed by atoms with Crippen LogP contribution in [0.1, 0.15) is 5.56 Å². The Kier molecular flexibility index (Phi) is 5.28. The van der Waals surface area contributed by atoms with Gasteiger partial charge in [-0.25, -0.2) is 4.68 Å². The van der Waals surface area contributed by atoms with Crippen molar-refractivity contribution in [2.24, 2.45) is 0 Å². The molecule has 0 radical (unpaired) electrons. The molecule has 2 aromatic heterocycles. The summed E-state index contributed by atoms with van der Waals surface area (Å²) in [6, 6.07) is 31.9. The third kappa shape index (κ3) is 3.37. The van der Waals surface area contributed by atoms with Gasteiger partial charge in [0.15, 0.2) is 11.0 Å². The molecule has 0 bridgehead atoms. The van der Waals surface area contributed by atoms with Gasteiger partial charge in [0.1, 0.15) is 17.3 Å². The second-order valence-electron chi connectivity index (χ2n) is 6.98. The molecule has 0 saturated carbocycles. The van der Waals surface area contributed by atoms with Crippen LogP contribution in [0.4, 0.5) is 0 Å². The third-order valence-electron chi connectivity index (χ3n) is 5.09. The van der Waals surface area contributed by atoms with Crippen molar-refractivity contribution in [1.82, 2.24) is 24.5 Å². The van der Waals surface area contributed by atoms with Crippen LogP contribution in [0.25, 0.3) is 34.2 Å². The first-order chi connectivity index (χ1) is 15.8. The molecule has 3 aromatic carbocycles. The first kappa shape index (κ1) is 19.8. The third-order valence-corrected chi connectivity index (χ3v) is 5.72. The molecular formula is C25H18N6S. The van der Waals surface area contributed by atoms with Gasteiger partial charge in [0.25, 0.3) is 0 Å². The van der Waals surface area contributed by atoms with E-state index in [9.17, 15) is 5.26 Å². The van der Waals surface area contributed by atoms with Crippen molar-refractivity contribution in [2.75, 3.05) is 6.26 Å². The Balaban J connectivity index is 1.82. The molecule has 0 saturated heterocycles. The van der Waals surface area contributed by atoms with E-state index >= 15 is 0 Å². The van der Waals surface area contributed by atoms with Gasteiger partial charge in [0.2, 0.25) is 0 Å². The fourth-order valence-electron chi connectivity index (χ4n) is 3.66. The monoisotopic (exact) mass is 434 g/mol. The van der Waals surface area contributed by atoms with Gasteiger partial charge in [-0.3, -0.25) is 4.57 Å². The Hall–Kier alpha value is -4.15. The van der Waals surface area contributed by atoms with Gasteiger partial charge in [0.05, 0.1) is 11.4 Å². The number of rotatable bonds is 5. The minimum atomic E-state index is 0.456. The minimum absolute atomic E-state index is 0.456. The summed E-state index contributed by atoms with van der Waals surface area (Å²) < 4.78 is 3.75. The molecule has 0 fully saturated rings. The van der Waals surface area contributed by atoms with E-state index in [0.717, 1.165) is 27.8 Å². The number of benzene rings is 3. The molecule has 0 atom stereocenters. The maximum absolute atomic E-state index is 10.2. The molecule has 0 N–H and O–H groups in total. The van der Waals surface area contributed by atoms with Crippen molar-refractivity contribution in [3.8, 4) is 40.2 Å². The number of nitrogens with zero attached hydrogens (tertiary/aromatic N) is 6. The molecule has 5 aromatic rings. The first-order valence-electron chi connectivity index (χ1n) is 10.0. The lowest BCUT2D eigenvalue weighted by atomic mass is 10.1. The molecule has 0 unspecified atom stereocenters. The quantitative estimate of drug-likeness (QED) is 0.347. The van der Waals surface area contributed by atoms with Crippen LogP contribution in [0, 0.1) is 11.3 Å². The zero-order valence-electron chi connectivity index (χ0n) is 17.3. The Labute approximate surface area is 189 Å². The van der Waals surface area contributed by atoms with Crippen molar-refractivity contribution in [3.63, 3.8) is 0 Å². The van der Waals surface area contributed by atoms with Crippen LogP contribution in [-0.4, -0.2) is 30.8 Å². The van der Waals surface area contributed by atoms with E-state index < -0.39 is 0 Å². The zero-order valence-corrected chi connectivity index (χ0v) is 18.1. The van der Waals surface area contributed by atoms with Gasteiger partial charge in [-0.15, -0.1) is 10.2 Å². The zero-order chi connectivity index (χ0) is 21.9. The maximum Gasteiger partial charge on any atom is 0.195 e. The van der Waals surface area contributed by atoms with Gasteiger partial charge >= 0.3 is 0 Å². The maximum atomic E-state index is 10.2. The lowest BCUT2D eigenvalue weighted by molar-refractivity contribution is 0.871. The smallest absolute Gasteiger partial charge is 0.195 e. The molecule has 154 valence electrons. The van der Waals surface area contributed by atoms with Crippen LogP contribution >= 0.6 is 11.8 Å². The number of para-hydroxylation sites is 2. The van der Waals surface area contributed by atoms with Gasteiger partial charge in [0, 0.05) is 11.3 Å². The van der Waals surface area contributed by atoms with E-state index in [1.165, 1.54) is 11.8 Å². The Morgan fingerprint density at radius 2 is 1.38 bits per heavy atom. The predicted octanol–water partition coefficient (Wildman–Crippen LogP) is 5.38. The fourth-order valence-corrected chi connectivity index (χ4v) is 4.16. The number of hydrogen-bond donors (Lipinski definition) is 0. The summed E-state index contributed by atoms with van der Waals surface area (Å²) in [6.45, 7) is 0. The molecule has 32 heavy (non-hydrogen) atoms. The van der Waals surface area contributed by atoms with Gasteiger partial charge in [-0.2, -0.15) is 10.4 Å².